The third kappa shape index (κ3) is 4.93. The summed E-state index contributed by atoms with van der Waals surface area (Å²) in [5, 5.41) is 29.5. The number of hydrogen-bond donors (Lipinski definition) is 3. The molecule has 0 saturated heterocycles. The summed E-state index contributed by atoms with van der Waals surface area (Å²) in [6.45, 7) is 6.05. The molecule has 3 N–H and O–H groups in total. The molecule has 4 atom stereocenters. The maximum absolute atomic E-state index is 13.0. The fourth-order valence-electron chi connectivity index (χ4n) is 6.44. The predicted molar refractivity (Wildman–Crippen MR) is 126 cm³/mol. The van der Waals surface area contributed by atoms with Crippen LogP contribution in [0.3, 0.4) is 0 Å². The standard InChI is InChI=1S/C28H32F6O3/c1-17-19(15-20(35)16-22(17)36)7-6-18-5-3-10-24(2)21(18)8-9-23(24)25(13-14-25)11-4-12-26(37,27(29,30)31)28(32,33)34/h6-7,9,20-22,35-37H,1,3,5,8,10-11,13-16H2,2H3/t20?,21?,22-,24-/m0/s1. The Bertz CT molecular complexity index is 1080. The van der Waals surface area contributed by atoms with Gasteiger partial charge >= 0.3 is 18.0 Å². The van der Waals surface area contributed by atoms with Crippen molar-refractivity contribution >= 4 is 0 Å². The highest BCUT2D eigenvalue weighted by Gasteiger charge is 2.70. The highest BCUT2D eigenvalue weighted by atomic mass is 19.4. The quantitative estimate of drug-likeness (QED) is 0.236. The topological polar surface area (TPSA) is 60.7 Å². The number of alkyl halides is 6. The number of rotatable bonds is 3. The maximum atomic E-state index is 13.0. The summed E-state index contributed by atoms with van der Waals surface area (Å²) in [6, 6.07) is 0. The highest BCUT2D eigenvalue weighted by Crippen LogP contribution is 2.67. The fraction of sp³-hybridized carbons (Fsp3) is 0.643. The van der Waals surface area contributed by atoms with Gasteiger partial charge in [-0.2, -0.15) is 26.3 Å². The van der Waals surface area contributed by atoms with E-state index in [2.05, 4.69) is 25.5 Å². The van der Waals surface area contributed by atoms with Crippen molar-refractivity contribution in [2.24, 2.45) is 16.7 Å². The van der Waals surface area contributed by atoms with Crippen molar-refractivity contribution in [1.82, 2.24) is 0 Å². The van der Waals surface area contributed by atoms with E-state index >= 15 is 0 Å². The minimum absolute atomic E-state index is 0.146. The smallest absolute Gasteiger partial charge is 0.393 e. The average molecular weight is 531 g/mol. The summed E-state index contributed by atoms with van der Waals surface area (Å²) >= 11 is 0. The zero-order valence-electron chi connectivity index (χ0n) is 20.6. The summed E-state index contributed by atoms with van der Waals surface area (Å²) in [4.78, 5) is 0. The predicted octanol–water partition coefficient (Wildman–Crippen LogP) is 6.08. The van der Waals surface area contributed by atoms with E-state index in [1.165, 1.54) is 5.57 Å². The molecule has 204 valence electrons. The van der Waals surface area contributed by atoms with E-state index in [1.54, 1.807) is 0 Å². The lowest BCUT2D eigenvalue weighted by molar-refractivity contribution is -0.343. The van der Waals surface area contributed by atoms with Gasteiger partial charge in [0.25, 0.3) is 0 Å². The molecular formula is C28H32F6O3. The van der Waals surface area contributed by atoms with Crippen molar-refractivity contribution in [2.75, 3.05) is 0 Å². The van der Waals surface area contributed by atoms with Gasteiger partial charge in [0, 0.05) is 18.3 Å². The molecule has 4 rings (SSSR count). The number of aliphatic hydroxyl groups is 3. The van der Waals surface area contributed by atoms with E-state index in [-0.39, 0.29) is 24.2 Å². The second-order valence-corrected chi connectivity index (χ2v) is 11.2. The Hall–Kier alpha value is -2.02. The van der Waals surface area contributed by atoms with Gasteiger partial charge in [0.05, 0.1) is 12.2 Å². The van der Waals surface area contributed by atoms with Crippen molar-refractivity contribution in [3.05, 3.63) is 47.1 Å². The van der Waals surface area contributed by atoms with E-state index in [0.29, 0.717) is 24.8 Å². The lowest BCUT2D eigenvalue weighted by Gasteiger charge is -2.43. The molecular weight excluding hydrogens is 498 g/mol. The van der Waals surface area contributed by atoms with Crippen LogP contribution in [0.5, 0.6) is 0 Å². The first-order valence-corrected chi connectivity index (χ1v) is 12.6. The zero-order valence-corrected chi connectivity index (χ0v) is 20.6. The Morgan fingerprint density at radius 1 is 1.08 bits per heavy atom. The van der Waals surface area contributed by atoms with Crippen molar-refractivity contribution in [1.29, 1.82) is 0 Å². The number of allylic oxidation sites excluding steroid dienone is 5. The van der Waals surface area contributed by atoms with Crippen molar-refractivity contribution in [3.8, 4) is 11.8 Å². The number of fused-ring (bicyclic) bond motifs is 1. The first-order chi connectivity index (χ1) is 17.0. The molecule has 9 heteroatoms. The second kappa shape index (κ2) is 9.32. The van der Waals surface area contributed by atoms with Gasteiger partial charge in [0.2, 0.25) is 0 Å². The van der Waals surface area contributed by atoms with E-state index in [9.17, 15) is 41.7 Å². The monoisotopic (exact) mass is 530 g/mol. The van der Waals surface area contributed by atoms with Crippen LogP contribution in [-0.2, 0) is 0 Å². The van der Waals surface area contributed by atoms with E-state index in [1.807, 2.05) is 12.2 Å². The van der Waals surface area contributed by atoms with Gasteiger partial charge in [0.15, 0.2) is 0 Å². The van der Waals surface area contributed by atoms with Crippen LogP contribution in [0.25, 0.3) is 0 Å². The second-order valence-electron chi connectivity index (χ2n) is 11.2. The molecule has 4 aliphatic carbocycles. The molecule has 0 spiro atoms. The molecule has 0 heterocycles. The highest BCUT2D eigenvalue weighted by molar-refractivity contribution is 5.43. The van der Waals surface area contributed by atoms with Crippen molar-refractivity contribution in [3.63, 3.8) is 0 Å². The third-order valence-electron chi connectivity index (χ3n) is 8.76. The Morgan fingerprint density at radius 3 is 2.32 bits per heavy atom. The van der Waals surface area contributed by atoms with E-state index in [0.717, 1.165) is 42.7 Å². The first-order valence-electron chi connectivity index (χ1n) is 12.6. The molecule has 3 fully saturated rings. The van der Waals surface area contributed by atoms with Crippen LogP contribution < -0.4 is 0 Å². The normalized spacial score (nSPS) is 34.2. The molecule has 2 unspecified atom stereocenters. The molecule has 0 amide bonds. The number of halogens is 6. The van der Waals surface area contributed by atoms with Crippen LogP contribution in [-0.4, -0.2) is 45.5 Å². The molecule has 0 aromatic rings. The van der Waals surface area contributed by atoms with Crippen molar-refractivity contribution < 1.29 is 41.7 Å². The Kier molecular flexibility index (Phi) is 7.05. The third-order valence-corrected chi connectivity index (χ3v) is 8.76. The Balaban J connectivity index is 1.55. The summed E-state index contributed by atoms with van der Waals surface area (Å²) < 4.78 is 78.0. The van der Waals surface area contributed by atoms with Crippen LogP contribution in [0.4, 0.5) is 26.3 Å². The van der Waals surface area contributed by atoms with Crippen LogP contribution in [0, 0.1) is 28.6 Å². The summed E-state index contributed by atoms with van der Waals surface area (Å²) in [5.74, 6) is 3.32. The Morgan fingerprint density at radius 2 is 1.73 bits per heavy atom. The van der Waals surface area contributed by atoms with Crippen LogP contribution >= 0.6 is 0 Å². The fourth-order valence-corrected chi connectivity index (χ4v) is 6.44. The lowest BCUT2D eigenvalue weighted by atomic mass is 9.61. The van der Waals surface area contributed by atoms with Gasteiger partial charge in [-0.25, -0.2) is 0 Å². The largest absolute Gasteiger partial charge is 0.438 e. The molecule has 37 heavy (non-hydrogen) atoms. The maximum Gasteiger partial charge on any atom is 0.438 e. The van der Waals surface area contributed by atoms with Crippen LogP contribution in [0.2, 0.25) is 0 Å². The van der Waals surface area contributed by atoms with Gasteiger partial charge in [-0.1, -0.05) is 48.8 Å². The van der Waals surface area contributed by atoms with Crippen LogP contribution in [0.1, 0.15) is 64.7 Å². The summed E-state index contributed by atoms with van der Waals surface area (Å²) in [5.41, 5.74) is -2.26. The summed E-state index contributed by atoms with van der Waals surface area (Å²) in [6.07, 6.45) is -2.24. The van der Waals surface area contributed by atoms with E-state index in [4.69, 9.17) is 0 Å². The number of aliphatic hydroxyl groups excluding tert-OH is 2. The molecule has 0 radical (unpaired) electrons. The average Bonchev–Trinajstić information content (AvgIpc) is 3.46. The van der Waals surface area contributed by atoms with Crippen LogP contribution in [0.15, 0.2) is 47.1 Å². The van der Waals surface area contributed by atoms with Crippen molar-refractivity contribution in [2.45, 2.75) is 94.9 Å². The van der Waals surface area contributed by atoms with Gasteiger partial charge in [-0.3, -0.25) is 0 Å². The molecule has 3 saturated carbocycles. The van der Waals surface area contributed by atoms with E-state index < -0.39 is 35.6 Å². The minimum Gasteiger partial charge on any atom is -0.393 e. The minimum atomic E-state index is -5.95. The molecule has 0 aromatic heterocycles. The lowest BCUT2D eigenvalue weighted by Crippen LogP contribution is -2.55. The molecule has 0 bridgehead atoms. The van der Waals surface area contributed by atoms with Gasteiger partial charge in [-0.15, -0.1) is 0 Å². The van der Waals surface area contributed by atoms with Gasteiger partial charge in [-0.05, 0) is 73.3 Å². The zero-order chi connectivity index (χ0) is 27.4. The van der Waals surface area contributed by atoms with Gasteiger partial charge in [0.1, 0.15) is 0 Å². The molecule has 4 aliphatic rings. The summed E-state index contributed by atoms with van der Waals surface area (Å²) in [7, 11) is 0. The molecule has 0 aliphatic heterocycles. The van der Waals surface area contributed by atoms with Gasteiger partial charge < -0.3 is 15.3 Å². The molecule has 3 nitrogen and oxygen atoms in total. The first kappa shape index (κ1) is 28.0. The SMILES string of the molecule is C=C1C(=CC=C2CCC[C@]3(C)C(C4(CC#CC(O)(C(F)(F)F)C(F)(F)F)CC4)=CCC23)CC(O)C[C@@H]1O. The Labute approximate surface area is 212 Å². The number of hydrogen-bond acceptors (Lipinski definition) is 3. The molecule has 0 aromatic carbocycles.